The summed E-state index contributed by atoms with van der Waals surface area (Å²) in [5.41, 5.74) is 1.32. The van der Waals surface area contributed by atoms with Crippen LogP contribution < -0.4 is 15.0 Å². The second-order valence-corrected chi connectivity index (χ2v) is 7.45. The largest absolute Gasteiger partial charge is 0.479 e. The topological polar surface area (TPSA) is 65.1 Å². The molecule has 3 rings (SSSR count). The number of benzene rings is 1. The molecule has 148 valence electrons. The number of anilines is 2. The van der Waals surface area contributed by atoms with E-state index in [9.17, 15) is 9.59 Å². The molecule has 0 unspecified atom stereocenters. The number of nitrogens with zero attached hydrogens (tertiary/aromatic N) is 3. The molecule has 7 nitrogen and oxygen atoms in total. The summed E-state index contributed by atoms with van der Waals surface area (Å²) in [6.45, 7) is 5.57. The Kier molecular flexibility index (Phi) is 6.21. The number of carbonyl (C=O) groups is 2. The molecule has 1 atom stereocenters. The number of carbonyl (C=O) groups excluding carboxylic acids is 2. The standard InChI is InChI=1S/C20H30N4O3/c1-15-19(25)23(3)17-14-16(8-9-18(17)27-15)21-20(26)22(2)12-13-24-10-6-4-5-7-11-24/h8-9,14-15H,4-7,10-13H2,1-3H3,(H,21,26)/t15-/m1/s1. The van der Waals surface area contributed by atoms with Crippen molar-refractivity contribution in [2.75, 3.05) is 50.5 Å². The Balaban J connectivity index is 1.56. The predicted molar refractivity (Wildman–Crippen MR) is 106 cm³/mol. The fourth-order valence-corrected chi connectivity index (χ4v) is 3.56. The van der Waals surface area contributed by atoms with Crippen LogP contribution in [0.5, 0.6) is 5.75 Å². The highest BCUT2D eigenvalue weighted by Crippen LogP contribution is 2.35. The van der Waals surface area contributed by atoms with Crippen molar-refractivity contribution < 1.29 is 14.3 Å². The number of nitrogens with one attached hydrogen (secondary N) is 1. The van der Waals surface area contributed by atoms with Crippen molar-refractivity contribution in [2.45, 2.75) is 38.7 Å². The van der Waals surface area contributed by atoms with Crippen LogP contribution in [-0.4, -0.2) is 68.1 Å². The van der Waals surface area contributed by atoms with E-state index in [-0.39, 0.29) is 11.9 Å². The third kappa shape index (κ3) is 4.71. The normalized spacial score (nSPS) is 20.5. The first kappa shape index (κ1) is 19.5. The number of urea groups is 1. The third-order valence-corrected chi connectivity index (χ3v) is 5.35. The van der Waals surface area contributed by atoms with Gasteiger partial charge in [-0.2, -0.15) is 0 Å². The number of likely N-dealkylation sites (tertiary alicyclic amines) is 1. The van der Waals surface area contributed by atoms with E-state index in [1.165, 1.54) is 25.7 Å². The Morgan fingerprint density at radius 2 is 1.96 bits per heavy atom. The van der Waals surface area contributed by atoms with Crippen LogP contribution in [0, 0.1) is 0 Å². The molecular formula is C20H30N4O3. The van der Waals surface area contributed by atoms with Gasteiger partial charge < -0.3 is 24.8 Å². The predicted octanol–water partition coefficient (Wildman–Crippen LogP) is 2.77. The van der Waals surface area contributed by atoms with Crippen molar-refractivity contribution >= 4 is 23.3 Å². The lowest BCUT2D eigenvalue weighted by molar-refractivity contribution is -0.125. The number of hydrogen-bond acceptors (Lipinski definition) is 4. The van der Waals surface area contributed by atoms with Crippen LogP contribution in [0.2, 0.25) is 0 Å². The average Bonchev–Trinajstić information content (AvgIpc) is 2.93. The molecule has 0 spiro atoms. The highest BCUT2D eigenvalue weighted by Gasteiger charge is 2.29. The summed E-state index contributed by atoms with van der Waals surface area (Å²) < 4.78 is 5.62. The van der Waals surface area contributed by atoms with E-state index in [1.54, 1.807) is 42.0 Å². The third-order valence-electron chi connectivity index (χ3n) is 5.35. The zero-order chi connectivity index (χ0) is 19.4. The highest BCUT2D eigenvalue weighted by atomic mass is 16.5. The summed E-state index contributed by atoms with van der Waals surface area (Å²) in [5.74, 6) is 0.553. The molecule has 0 radical (unpaired) electrons. The van der Waals surface area contributed by atoms with Gasteiger partial charge in [0.25, 0.3) is 5.91 Å². The summed E-state index contributed by atoms with van der Waals surface area (Å²) in [7, 11) is 3.53. The molecule has 0 bridgehead atoms. The van der Waals surface area contributed by atoms with Crippen molar-refractivity contribution in [1.82, 2.24) is 9.80 Å². The van der Waals surface area contributed by atoms with Gasteiger partial charge in [-0.1, -0.05) is 12.8 Å². The fraction of sp³-hybridized carbons (Fsp3) is 0.600. The second-order valence-electron chi connectivity index (χ2n) is 7.45. The molecule has 0 saturated carbocycles. The van der Waals surface area contributed by atoms with Crippen molar-refractivity contribution in [3.8, 4) is 5.75 Å². The van der Waals surface area contributed by atoms with Crippen LogP contribution >= 0.6 is 0 Å². The molecule has 1 aromatic rings. The van der Waals surface area contributed by atoms with Gasteiger partial charge in [0.15, 0.2) is 6.10 Å². The van der Waals surface area contributed by atoms with E-state index in [2.05, 4.69) is 10.2 Å². The van der Waals surface area contributed by atoms with Gasteiger partial charge in [0.1, 0.15) is 5.75 Å². The molecule has 0 aromatic heterocycles. The monoisotopic (exact) mass is 374 g/mol. The quantitative estimate of drug-likeness (QED) is 0.880. The molecule has 7 heteroatoms. The minimum absolute atomic E-state index is 0.0967. The van der Waals surface area contributed by atoms with Gasteiger partial charge in [-0.3, -0.25) is 4.79 Å². The Hall–Kier alpha value is -2.28. The van der Waals surface area contributed by atoms with Gasteiger partial charge in [0, 0.05) is 32.9 Å². The van der Waals surface area contributed by atoms with Gasteiger partial charge in [0.05, 0.1) is 5.69 Å². The van der Waals surface area contributed by atoms with Crippen LogP contribution in [0.25, 0.3) is 0 Å². The molecule has 1 fully saturated rings. The second kappa shape index (κ2) is 8.61. The Morgan fingerprint density at radius 1 is 1.26 bits per heavy atom. The Morgan fingerprint density at radius 3 is 2.67 bits per heavy atom. The van der Waals surface area contributed by atoms with Gasteiger partial charge in [-0.15, -0.1) is 0 Å². The number of rotatable bonds is 4. The first-order valence-corrected chi connectivity index (χ1v) is 9.78. The molecule has 2 aliphatic heterocycles. The molecule has 1 N–H and O–H groups in total. The van der Waals surface area contributed by atoms with Crippen molar-refractivity contribution in [1.29, 1.82) is 0 Å². The average molecular weight is 374 g/mol. The SMILES string of the molecule is C[C@H]1Oc2ccc(NC(=O)N(C)CCN3CCCCCC3)cc2N(C)C1=O. The summed E-state index contributed by atoms with van der Waals surface area (Å²) >= 11 is 0. The van der Waals surface area contributed by atoms with Crippen molar-refractivity contribution in [3.63, 3.8) is 0 Å². The van der Waals surface area contributed by atoms with Crippen molar-refractivity contribution in [2.24, 2.45) is 0 Å². The lowest BCUT2D eigenvalue weighted by atomic mass is 10.2. The minimum atomic E-state index is -0.493. The molecule has 3 amide bonds. The zero-order valence-corrected chi connectivity index (χ0v) is 16.5. The zero-order valence-electron chi connectivity index (χ0n) is 16.5. The summed E-state index contributed by atoms with van der Waals surface area (Å²) in [5, 5.41) is 2.91. The maximum Gasteiger partial charge on any atom is 0.321 e. The lowest BCUT2D eigenvalue weighted by Gasteiger charge is -2.30. The molecule has 1 aromatic carbocycles. The fourth-order valence-electron chi connectivity index (χ4n) is 3.56. The summed E-state index contributed by atoms with van der Waals surface area (Å²) in [6.07, 6.45) is 4.62. The number of ether oxygens (including phenoxy) is 1. The van der Waals surface area contributed by atoms with Crippen LogP contribution in [0.3, 0.4) is 0 Å². The van der Waals surface area contributed by atoms with Gasteiger partial charge in [-0.25, -0.2) is 4.79 Å². The molecule has 2 aliphatic rings. The van der Waals surface area contributed by atoms with E-state index in [0.717, 1.165) is 19.6 Å². The van der Waals surface area contributed by atoms with E-state index in [4.69, 9.17) is 4.74 Å². The summed E-state index contributed by atoms with van der Waals surface area (Å²) in [4.78, 5) is 30.3. The number of hydrogen-bond donors (Lipinski definition) is 1. The first-order valence-electron chi connectivity index (χ1n) is 9.78. The van der Waals surface area contributed by atoms with E-state index in [0.29, 0.717) is 23.7 Å². The molecule has 2 heterocycles. The number of fused-ring (bicyclic) bond motifs is 1. The first-order chi connectivity index (χ1) is 13.0. The highest BCUT2D eigenvalue weighted by molar-refractivity contribution is 6.00. The van der Waals surface area contributed by atoms with Crippen LogP contribution in [0.1, 0.15) is 32.6 Å². The van der Waals surface area contributed by atoms with Gasteiger partial charge >= 0.3 is 6.03 Å². The number of amides is 3. The minimum Gasteiger partial charge on any atom is -0.479 e. The maximum atomic E-state index is 12.5. The molecular weight excluding hydrogens is 344 g/mol. The van der Waals surface area contributed by atoms with E-state index in [1.807, 2.05) is 7.05 Å². The Bertz CT molecular complexity index is 686. The van der Waals surface area contributed by atoms with Crippen molar-refractivity contribution in [3.05, 3.63) is 18.2 Å². The molecule has 1 saturated heterocycles. The molecule has 0 aliphatic carbocycles. The Labute approximate surface area is 161 Å². The maximum absolute atomic E-state index is 12.5. The number of likely N-dealkylation sites (N-methyl/N-ethyl adjacent to an activating group) is 2. The van der Waals surface area contributed by atoms with E-state index >= 15 is 0 Å². The van der Waals surface area contributed by atoms with Gasteiger partial charge in [-0.05, 0) is 51.1 Å². The van der Waals surface area contributed by atoms with E-state index < -0.39 is 6.10 Å². The van der Waals surface area contributed by atoms with Crippen LogP contribution in [0.4, 0.5) is 16.2 Å². The summed E-state index contributed by atoms with van der Waals surface area (Å²) in [6, 6.07) is 5.22. The van der Waals surface area contributed by atoms with Crippen LogP contribution in [-0.2, 0) is 4.79 Å². The molecule has 27 heavy (non-hydrogen) atoms. The smallest absolute Gasteiger partial charge is 0.321 e. The van der Waals surface area contributed by atoms with Gasteiger partial charge in [0.2, 0.25) is 0 Å². The van der Waals surface area contributed by atoms with Crippen LogP contribution in [0.15, 0.2) is 18.2 Å². The lowest BCUT2D eigenvalue weighted by Crippen LogP contribution is -2.42.